The molecule has 4 aromatic rings. The molecule has 6 heterocycles. The van der Waals surface area contributed by atoms with Crippen molar-refractivity contribution in [3.05, 3.63) is 78.1 Å². The Hall–Kier alpha value is -3.75. The number of amides is 1. The van der Waals surface area contributed by atoms with E-state index in [4.69, 9.17) is 10.7 Å². The zero-order valence-corrected chi connectivity index (χ0v) is 26.5. The molecular weight excluding hydrogens is 558 g/mol. The highest BCUT2D eigenvalue weighted by atomic mass is 16.2. The van der Waals surface area contributed by atoms with Crippen molar-refractivity contribution in [2.24, 2.45) is 5.92 Å². The van der Waals surface area contributed by atoms with Gasteiger partial charge in [0.1, 0.15) is 5.82 Å². The molecule has 3 saturated heterocycles. The number of pyridine rings is 2. The second-order valence-corrected chi connectivity index (χ2v) is 13.3. The van der Waals surface area contributed by atoms with E-state index in [2.05, 4.69) is 60.6 Å². The first-order chi connectivity index (χ1) is 22.1. The van der Waals surface area contributed by atoms with Crippen LogP contribution in [0.15, 0.2) is 67.0 Å². The molecule has 3 aromatic heterocycles. The van der Waals surface area contributed by atoms with Gasteiger partial charge in [-0.1, -0.05) is 30.7 Å². The minimum absolute atomic E-state index is 0.126. The molecule has 45 heavy (non-hydrogen) atoms. The molecule has 236 valence electrons. The van der Waals surface area contributed by atoms with Crippen LogP contribution in [0.2, 0.25) is 0 Å². The molecule has 8 nitrogen and oxygen atoms in total. The monoisotopic (exact) mass is 605 g/mol. The third kappa shape index (κ3) is 6.63. The number of piperidine rings is 3. The standard InChI is InChI=1S/C37H47N7O/c38-34-26-28(11-17-40-34)27-42-20-12-30(13-21-42)37(45)43-22-14-29(15-23-43)35-31-8-2-3-10-33(31)44(25-24-41-18-6-1-7-19-41)36(35)32-9-4-5-16-39-32/h2-5,8-11,16-17,26,29-30H,1,6-7,12-15,18-25,27H2,(H2,38,40). The normalized spacial score (nSPS) is 19.3. The minimum atomic E-state index is 0.126. The third-order valence-electron chi connectivity index (χ3n) is 10.4. The molecule has 3 aliphatic heterocycles. The van der Waals surface area contributed by atoms with Crippen molar-refractivity contribution in [2.45, 2.75) is 64.0 Å². The molecule has 8 heteroatoms. The van der Waals surface area contributed by atoms with Crippen LogP contribution in [0.4, 0.5) is 5.82 Å². The molecule has 0 radical (unpaired) electrons. The molecule has 2 N–H and O–H groups in total. The summed E-state index contributed by atoms with van der Waals surface area (Å²) >= 11 is 0. The fourth-order valence-electron chi connectivity index (χ4n) is 8.01. The fourth-order valence-corrected chi connectivity index (χ4v) is 8.01. The van der Waals surface area contributed by atoms with Crippen LogP contribution in [0, 0.1) is 5.92 Å². The van der Waals surface area contributed by atoms with E-state index < -0.39 is 0 Å². The smallest absolute Gasteiger partial charge is 0.225 e. The highest BCUT2D eigenvalue weighted by Crippen LogP contribution is 2.42. The van der Waals surface area contributed by atoms with E-state index in [0.717, 1.165) is 77.2 Å². The predicted octanol–water partition coefficient (Wildman–Crippen LogP) is 5.78. The van der Waals surface area contributed by atoms with E-state index in [0.29, 0.717) is 17.6 Å². The number of benzene rings is 1. The van der Waals surface area contributed by atoms with Gasteiger partial charge in [-0.05, 0) is 112 Å². The number of fused-ring (bicyclic) bond motifs is 1. The van der Waals surface area contributed by atoms with Crippen molar-refractivity contribution >= 4 is 22.6 Å². The van der Waals surface area contributed by atoms with E-state index >= 15 is 0 Å². The summed E-state index contributed by atoms with van der Waals surface area (Å²) in [6.07, 6.45) is 11.5. The van der Waals surface area contributed by atoms with Crippen molar-refractivity contribution in [1.82, 2.24) is 29.2 Å². The summed E-state index contributed by atoms with van der Waals surface area (Å²) in [5.74, 6) is 1.45. The van der Waals surface area contributed by atoms with Crippen LogP contribution in [-0.2, 0) is 17.9 Å². The number of nitrogens with zero attached hydrogens (tertiary/aromatic N) is 6. The van der Waals surface area contributed by atoms with E-state index in [9.17, 15) is 4.79 Å². The van der Waals surface area contributed by atoms with Gasteiger partial charge in [-0.25, -0.2) is 4.98 Å². The lowest BCUT2D eigenvalue weighted by atomic mass is 9.85. The number of likely N-dealkylation sites (tertiary alicyclic amines) is 3. The van der Waals surface area contributed by atoms with Crippen molar-refractivity contribution in [2.75, 3.05) is 51.5 Å². The van der Waals surface area contributed by atoms with Gasteiger partial charge >= 0.3 is 0 Å². The minimum Gasteiger partial charge on any atom is -0.384 e. The number of hydrogen-bond acceptors (Lipinski definition) is 6. The molecule has 0 unspecified atom stereocenters. The highest BCUT2D eigenvalue weighted by Gasteiger charge is 2.33. The summed E-state index contributed by atoms with van der Waals surface area (Å²) in [4.78, 5) is 29.9. The Balaban J connectivity index is 1.05. The van der Waals surface area contributed by atoms with E-state index in [1.165, 1.54) is 60.1 Å². The maximum Gasteiger partial charge on any atom is 0.225 e. The third-order valence-corrected chi connectivity index (χ3v) is 10.4. The molecule has 1 aromatic carbocycles. The number of rotatable bonds is 8. The fraction of sp³-hybridized carbons (Fsp3) is 0.486. The van der Waals surface area contributed by atoms with Gasteiger partial charge in [0.2, 0.25) is 5.91 Å². The number of nitrogen functional groups attached to an aromatic ring is 1. The lowest BCUT2D eigenvalue weighted by Crippen LogP contribution is -2.45. The molecule has 3 aliphatic rings. The first-order valence-corrected chi connectivity index (χ1v) is 17.1. The Bertz CT molecular complexity index is 1580. The van der Waals surface area contributed by atoms with Crippen molar-refractivity contribution in [3.8, 4) is 11.4 Å². The summed E-state index contributed by atoms with van der Waals surface area (Å²) < 4.78 is 2.55. The number of anilines is 1. The molecule has 1 amide bonds. The second kappa shape index (κ2) is 13.7. The average Bonchev–Trinajstić information content (AvgIpc) is 3.42. The van der Waals surface area contributed by atoms with Gasteiger partial charge in [0.25, 0.3) is 0 Å². The molecule has 0 aliphatic carbocycles. The molecule has 7 rings (SSSR count). The van der Waals surface area contributed by atoms with Crippen LogP contribution in [0.3, 0.4) is 0 Å². The van der Waals surface area contributed by atoms with Gasteiger partial charge < -0.3 is 20.1 Å². The summed E-state index contributed by atoms with van der Waals surface area (Å²) in [6.45, 7) is 8.86. The lowest BCUT2D eigenvalue weighted by molar-refractivity contribution is -0.138. The Morgan fingerprint density at radius 3 is 2.31 bits per heavy atom. The first kappa shape index (κ1) is 29.9. The molecule has 0 spiro atoms. The highest BCUT2D eigenvalue weighted by molar-refractivity contribution is 5.92. The topological polar surface area (TPSA) is 83.5 Å². The lowest BCUT2D eigenvalue weighted by Gasteiger charge is -2.37. The molecular formula is C37H47N7O. The summed E-state index contributed by atoms with van der Waals surface area (Å²) in [5, 5.41) is 1.35. The Labute approximate surface area is 267 Å². The van der Waals surface area contributed by atoms with Gasteiger partial charge in [0.05, 0.1) is 11.4 Å². The first-order valence-electron chi connectivity index (χ1n) is 17.1. The van der Waals surface area contributed by atoms with Gasteiger partial charge in [0, 0.05) is 61.9 Å². The van der Waals surface area contributed by atoms with Crippen LogP contribution in [0.25, 0.3) is 22.3 Å². The molecule has 0 atom stereocenters. The number of hydrogen-bond donors (Lipinski definition) is 1. The molecule has 3 fully saturated rings. The van der Waals surface area contributed by atoms with Crippen LogP contribution < -0.4 is 5.73 Å². The molecule has 0 saturated carbocycles. The second-order valence-electron chi connectivity index (χ2n) is 13.3. The summed E-state index contributed by atoms with van der Waals surface area (Å²) in [7, 11) is 0. The SMILES string of the molecule is Nc1cc(CN2CCC(C(=O)N3CCC(c4c(-c5ccccn5)n(CCN5CCCCC5)c5ccccc45)CC3)CC2)ccn1. The maximum absolute atomic E-state index is 13.7. The van der Waals surface area contributed by atoms with Crippen molar-refractivity contribution < 1.29 is 4.79 Å². The van der Waals surface area contributed by atoms with Gasteiger partial charge in [-0.3, -0.25) is 14.7 Å². The van der Waals surface area contributed by atoms with E-state index in [-0.39, 0.29) is 5.92 Å². The number of carbonyl (C=O) groups excluding carboxylic acids is 1. The molecule has 0 bridgehead atoms. The Morgan fingerprint density at radius 2 is 1.56 bits per heavy atom. The largest absolute Gasteiger partial charge is 0.384 e. The van der Waals surface area contributed by atoms with Crippen molar-refractivity contribution in [1.29, 1.82) is 0 Å². The predicted molar refractivity (Wildman–Crippen MR) is 181 cm³/mol. The van der Waals surface area contributed by atoms with Crippen molar-refractivity contribution in [3.63, 3.8) is 0 Å². The van der Waals surface area contributed by atoms with Gasteiger partial charge in [-0.2, -0.15) is 0 Å². The quantitative estimate of drug-likeness (QED) is 0.274. The maximum atomic E-state index is 13.7. The van der Waals surface area contributed by atoms with Crippen LogP contribution in [0.5, 0.6) is 0 Å². The number of carbonyl (C=O) groups is 1. The van der Waals surface area contributed by atoms with E-state index in [1.807, 2.05) is 24.4 Å². The zero-order chi connectivity index (χ0) is 30.6. The van der Waals surface area contributed by atoms with Crippen LogP contribution in [-0.4, -0.2) is 81.0 Å². The Kier molecular flexibility index (Phi) is 9.12. The Morgan fingerprint density at radius 1 is 0.778 bits per heavy atom. The average molecular weight is 606 g/mol. The number of para-hydroxylation sites is 1. The summed E-state index contributed by atoms with van der Waals surface area (Å²) in [5.41, 5.74) is 12.1. The van der Waals surface area contributed by atoms with Gasteiger partial charge in [-0.15, -0.1) is 0 Å². The van der Waals surface area contributed by atoms with E-state index in [1.54, 1.807) is 6.20 Å². The number of nitrogens with two attached hydrogens (primary N) is 1. The van der Waals surface area contributed by atoms with Crippen LogP contribution >= 0.6 is 0 Å². The summed E-state index contributed by atoms with van der Waals surface area (Å²) in [6, 6.07) is 19.2. The van der Waals surface area contributed by atoms with Crippen LogP contribution in [0.1, 0.15) is 62.0 Å². The zero-order valence-electron chi connectivity index (χ0n) is 26.5. The number of aromatic nitrogens is 3. The van der Waals surface area contributed by atoms with Gasteiger partial charge in [0.15, 0.2) is 0 Å².